The molecule has 0 bridgehead atoms. The number of ether oxygens (including phenoxy) is 1. The van der Waals surface area contributed by atoms with Gasteiger partial charge in [0.05, 0.1) is 7.11 Å². The lowest BCUT2D eigenvalue weighted by Gasteiger charge is -2.24. The predicted molar refractivity (Wildman–Crippen MR) is 85.0 cm³/mol. The lowest BCUT2D eigenvalue weighted by molar-refractivity contribution is 0.398. The first-order valence-corrected chi connectivity index (χ1v) is 7.42. The highest BCUT2D eigenvalue weighted by atomic mass is 79.9. The van der Waals surface area contributed by atoms with Crippen LogP contribution in [0.15, 0.2) is 4.47 Å². The average Bonchev–Trinajstić information content (AvgIpc) is 2.37. The Kier molecular flexibility index (Phi) is 5.83. The molecule has 0 fully saturated rings. The van der Waals surface area contributed by atoms with Gasteiger partial charge in [0, 0.05) is 28.7 Å². The van der Waals surface area contributed by atoms with Crippen LogP contribution in [0, 0.1) is 20.8 Å². The van der Waals surface area contributed by atoms with E-state index in [-0.39, 0.29) is 6.04 Å². The zero-order valence-corrected chi connectivity index (χ0v) is 14.3. The molecule has 3 N–H and O–H groups in total. The van der Waals surface area contributed by atoms with E-state index in [2.05, 4.69) is 55.9 Å². The van der Waals surface area contributed by atoms with E-state index in [9.17, 15) is 0 Å². The fourth-order valence-corrected chi connectivity index (χ4v) is 2.79. The lowest BCUT2D eigenvalue weighted by Crippen LogP contribution is -2.32. The summed E-state index contributed by atoms with van der Waals surface area (Å²) in [7, 11) is 1.71. The van der Waals surface area contributed by atoms with E-state index in [0.29, 0.717) is 6.04 Å². The van der Waals surface area contributed by atoms with Crippen molar-refractivity contribution in [1.29, 1.82) is 0 Å². The predicted octanol–water partition coefficient (Wildman–Crippen LogP) is 3.38. The minimum Gasteiger partial charge on any atom is -0.496 e. The third-order valence-corrected chi connectivity index (χ3v) is 4.72. The van der Waals surface area contributed by atoms with E-state index in [0.717, 1.165) is 33.5 Å². The molecule has 0 aromatic heterocycles. The summed E-state index contributed by atoms with van der Waals surface area (Å²) >= 11 is 3.66. The van der Waals surface area contributed by atoms with Gasteiger partial charge in [-0.25, -0.2) is 0 Å². The van der Waals surface area contributed by atoms with Gasteiger partial charge >= 0.3 is 0 Å². The van der Waals surface area contributed by atoms with Crippen LogP contribution < -0.4 is 15.8 Å². The lowest BCUT2D eigenvalue weighted by atomic mass is 9.94. The molecule has 4 heteroatoms. The molecule has 0 amide bonds. The summed E-state index contributed by atoms with van der Waals surface area (Å²) in [5.41, 5.74) is 11.0. The van der Waals surface area contributed by atoms with Crippen molar-refractivity contribution >= 4 is 15.9 Å². The van der Waals surface area contributed by atoms with Crippen LogP contribution in [-0.2, 0) is 0 Å². The molecule has 0 spiro atoms. The normalized spacial score (nSPS) is 12.9. The summed E-state index contributed by atoms with van der Waals surface area (Å²) in [5.74, 6) is 0.913. The second kappa shape index (κ2) is 6.73. The number of methoxy groups -OCH3 is 1. The van der Waals surface area contributed by atoms with Crippen LogP contribution in [0.5, 0.6) is 5.75 Å². The van der Waals surface area contributed by atoms with Crippen molar-refractivity contribution in [3.05, 3.63) is 26.7 Å². The van der Waals surface area contributed by atoms with Crippen molar-refractivity contribution in [3.8, 4) is 5.75 Å². The highest BCUT2D eigenvalue weighted by molar-refractivity contribution is 9.10. The number of halogens is 1. The minimum absolute atomic E-state index is 0.0760. The minimum atomic E-state index is -0.0760. The molecule has 0 aliphatic carbocycles. The van der Waals surface area contributed by atoms with Gasteiger partial charge in [0.2, 0.25) is 0 Å². The Labute approximate surface area is 125 Å². The number of nitrogens with one attached hydrogen (secondary N) is 1. The quantitative estimate of drug-likeness (QED) is 0.871. The molecule has 3 nitrogen and oxygen atoms in total. The molecule has 1 unspecified atom stereocenters. The van der Waals surface area contributed by atoms with Crippen LogP contribution in [0.4, 0.5) is 0 Å². The van der Waals surface area contributed by atoms with Gasteiger partial charge in [0.15, 0.2) is 0 Å². The van der Waals surface area contributed by atoms with E-state index in [1.54, 1.807) is 7.11 Å². The maximum atomic E-state index is 6.35. The average molecular weight is 329 g/mol. The Bertz CT molecular complexity index is 458. The Hall–Kier alpha value is -0.580. The highest BCUT2D eigenvalue weighted by Gasteiger charge is 2.21. The molecule has 1 aromatic rings. The van der Waals surface area contributed by atoms with E-state index in [1.807, 2.05) is 0 Å². The molecule has 0 saturated carbocycles. The molecule has 0 aliphatic rings. The second-order valence-corrected chi connectivity index (χ2v) is 6.10. The summed E-state index contributed by atoms with van der Waals surface area (Å²) in [6.07, 6.45) is 0. The fourth-order valence-electron chi connectivity index (χ4n) is 2.28. The standard InChI is InChI=1S/C15H25BrN2O/c1-8(2)18-7-12(17)13-11(5)14(16)9(3)10(4)15(13)19-6/h8,12,18H,7,17H2,1-6H3. The summed E-state index contributed by atoms with van der Waals surface area (Å²) in [4.78, 5) is 0. The topological polar surface area (TPSA) is 47.3 Å². The van der Waals surface area contributed by atoms with Gasteiger partial charge in [-0.15, -0.1) is 0 Å². The third kappa shape index (κ3) is 3.50. The van der Waals surface area contributed by atoms with E-state index in [4.69, 9.17) is 10.5 Å². The molecule has 1 atom stereocenters. The molecule has 108 valence electrons. The molecule has 1 aromatic carbocycles. The number of rotatable bonds is 5. The summed E-state index contributed by atoms with van der Waals surface area (Å²) in [6.45, 7) is 11.2. The Balaban J connectivity index is 3.25. The van der Waals surface area contributed by atoms with Gasteiger partial charge in [-0.2, -0.15) is 0 Å². The second-order valence-electron chi connectivity index (χ2n) is 5.31. The van der Waals surface area contributed by atoms with Crippen molar-refractivity contribution in [3.63, 3.8) is 0 Å². The van der Waals surface area contributed by atoms with E-state index < -0.39 is 0 Å². The number of benzene rings is 1. The monoisotopic (exact) mass is 328 g/mol. The molecule has 0 saturated heterocycles. The van der Waals surface area contributed by atoms with Gasteiger partial charge in [0.1, 0.15) is 5.75 Å². The number of hydrogen-bond donors (Lipinski definition) is 2. The van der Waals surface area contributed by atoms with Crippen LogP contribution >= 0.6 is 15.9 Å². The first-order valence-electron chi connectivity index (χ1n) is 6.63. The fraction of sp³-hybridized carbons (Fsp3) is 0.600. The molecule has 0 aliphatic heterocycles. The van der Waals surface area contributed by atoms with Crippen molar-refractivity contribution in [2.75, 3.05) is 13.7 Å². The Morgan fingerprint density at radius 1 is 1.16 bits per heavy atom. The first kappa shape index (κ1) is 16.5. The van der Waals surface area contributed by atoms with Gasteiger partial charge in [-0.05, 0) is 37.5 Å². The smallest absolute Gasteiger partial charge is 0.127 e. The third-order valence-electron chi connectivity index (χ3n) is 3.53. The SMILES string of the molecule is COc1c(C)c(C)c(Br)c(C)c1C(N)CNC(C)C. The largest absolute Gasteiger partial charge is 0.496 e. The summed E-state index contributed by atoms with van der Waals surface area (Å²) < 4.78 is 6.72. The summed E-state index contributed by atoms with van der Waals surface area (Å²) in [6, 6.07) is 0.347. The van der Waals surface area contributed by atoms with Gasteiger partial charge in [0.25, 0.3) is 0 Å². The molecular formula is C15H25BrN2O. The molecular weight excluding hydrogens is 304 g/mol. The van der Waals surface area contributed by atoms with Crippen molar-refractivity contribution in [2.24, 2.45) is 5.73 Å². The van der Waals surface area contributed by atoms with Gasteiger partial charge in [-0.3, -0.25) is 0 Å². The zero-order chi connectivity index (χ0) is 14.7. The van der Waals surface area contributed by atoms with Crippen molar-refractivity contribution in [1.82, 2.24) is 5.32 Å². The van der Waals surface area contributed by atoms with Crippen molar-refractivity contribution in [2.45, 2.75) is 46.7 Å². The van der Waals surface area contributed by atoms with E-state index in [1.165, 1.54) is 5.56 Å². The molecule has 0 radical (unpaired) electrons. The van der Waals surface area contributed by atoms with Crippen LogP contribution in [0.1, 0.15) is 42.1 Å². The van der Waals surface area contributed by atoms with Crippen molar-refractivity contribution < 1.29 is 4.74 Å². The molecule has 0 heterocycles. The van der Waals surface area contributed by atoms with Gasteiger partial charge < -0.3 is 15.8 Å². The van der Waals surface area contributed by atoms with E-state index >= 15 is 0 Å². The first-order chi connectivity index (χ1) is 8.81. The van der Waals surface area contributed by atoms with Gasteiger partial charge in [-0.1, -0.05) is 29.8 Å². The van der Waals surface area contributed by atoms with Crippen LogP contribution in [0.2, 0.25) is 0 Å². The van der Waals surface area contributed by atoms with Crippen LogP contribution in [0.25, 0.3) is 0 Å². The maximum Gasteiger partial charge on any atom is 0.127 e. The number of hydrogen-bond acceptors (Lipinski definition) is 3. The van der Waals surface area contributed by atoms with Crippen LogP contribution in [0.3, 0.4) is 0 Å². The molecule has 19 heavy (non-hydrogen) atoms. The summed E-state index contributed by atoms with van der Waals surface area (Å²) in [5, 5.41) is 3.38. The zero-order valence-electron chi connectivity index (χ0n) is 12.7. The highest BCUT2D eigenvalue weighted by Crippen LogP contribution is 2.38. The van der Waals surface area contributed by atoms with Crippen LogP contribution in [-0.4, -0.2) is 19.7 Å². The number of nitrogens with two attached hydrogens (primary N) is 1. The molecule has 1 rings (SSSR count). The Morgan fingerprint density at radius 2 is 1.74 bits per heavy atom. The Morgan fingerprint density at radius 3 is 2.21 bits per heavy atom. The maximum absolute atomic E-state index is 6.35.